The largest absolute Gasteiger partial charge is 0.387 e. The number of hydrogen-bond acceptors (Lipinski definition) is 4. The number of aromatic nitrogens is 2. The maximum absolute atomic E-state index is 11.3. The Morgan fingerprint density at radius 2 is 2.11 bits per heavy atom. The molecule has 1 aromatic rings. The van der Waals surface area contributed by atoms with Gasteiger partial charge in [-0.3, -0.25) is 4.68 Å². The van der Waals surface area contributed by atoms with Crippen molar-refractivity contribution in [1.82, 2.24) is 9.78 Å². The molecule has 0 aliphatic carbocycles. The van der Waals surface area contributed by atoms with E-state index in [2.05, 4.69) is 5.10 Å². The zero-order chi connectivity index (χ0) is 13.8. The summed E-state index contributed by atoms with van der Waals surface area (Å²) in [4.78, 5) is 0. The molecule has 0 aliphatic rings. The Balaban J connectivity index is 2.57. The standard InChI is InChI=1S/C12H22N2O3S/c1-4-14-11(9-10(3)13-14)12(15)7-6-8-18(16,17)5-2/h9,12,15H,4-8H2,1-3H3. The van der Waals surface area contributed by atoms with E-state index in [4.69, 9.17) is 0 Å². The number of hydrogen-bond donors (Lipinski definition) is 1. The second-order valence-corrected chi connectivity index (χ2v) is 6.89. The van der Waals surface area contributed by atoms with Gasteiger partial charge in [0.15, 0.2) is 0 Å². The van der Waals surface area contributed by atoms with Crippen molar-refractivity contribution in [2.24, 2.45) is 0 Å². The van der Waals surface area contributed by atoms with Crippen molar-refractivity contribution >= 4 is 9.84 Å². The van der Waals surface area contributed by atoms with Crippen molar-refractivity contribution < 1.29 is 13.5 Å². The van der Waals surface area contributed by atoms with Crippen molar-refractivity contribution in [2.75, 3.05) is 11.5 Å². The fourth-order valence-corrected chi connectivity index (χ4v) is 2.77. The van der Waals surface area contributed by atoms with Gasteiger partial charge in [-0.1, -0.05) is 6.92 Å². The van der Waals surface area contributed by atoms with E-state index < -0.39 is 15.9 Å². The molecule has 0 spiro atoms. The van der Waals surface area contributed by atoms with E-state index in [1.807, 2.05) is 19.9 Å². The van der Waals surface area contributed by atoms with Crippen LogP contribution in [0.5, 0.6) is 0 Å². The van der Waals surface area contributed by atoms with Crippen LogP contribution in [0.2, 0.25) is 0 Å². The summed E-state index contributed by atoms with van der Waals surface area (Å²) in [5.41, 5.74) is 1.64. The maximum atomic E-state index is 11.3. The Labute approximate surface area is 109 Å². The third-order valence-electron chi connectivity index (χ3n) is 2.95. The van der Waals surface area contributed by atoms with Crippen LogP contribution in [0.25, 0.3) is 0 Å². The van der Waals surface area contributed by atoms with Gasteiger partial charge in [0.05, 0.1) is 23.2 Å². The molecule has 0 radical (unpaired) electrons. The first-order valence-corrected chi connectivity index (χ1v) is 8.14. The molecule has 1 aromatic heterocycles. The van der Waals surface area contributed by atoms with E-state index in [1.54, 1.807) is 11.6 Å². The van der Waals surface area contributed by atoms with Crippen molar-refractivity contribution in [1.29, 1.82) is 0 Å². The van der Waals surface area contributed by atoms with Crippen LogP contribution in [-0.2, 0) is 16.4 Å². The molecule has 1 N–H and O–H groups in total. The summed E-state index contributed by atoms with van der Waals surface area (Å²) in [5, 5.41) is 14.3. The Bertz CT molecular complexity index is 480. The average Bonchev–Trinajstić information content (AvgIpc) is 2.70. The molecular weight excluding hydrogens is 252 g/mol. The first-order chi connectivity index (χ1) is 8.39. The molecule has 5 nitrogen and oxygen atoms in total. The monoisotopic (exact) mass is 274 g/mol. The van der Waals surface area contributed by atoms with Crippen LogP contribution >= 0.6 is 0 Å². The third-order valence-corrected chi connectivity index (χ3v) is 4.74. The van der Waals surface area contributed by atoms with E-state index in [0.29, 0.717) is 19.4 Å². The lowest BCUT2D eigenvalue weighted by molar-refractivity contribution is 0.156. The van der Waals surface area contributed by atoms with Crippen LogP contribution in [0.1, 0.15) is 44.2 Å². The molecule has 1 rings (SSSR count). The zero-order valence-corrected chi connectivity index (χ0v) is 12.1. The van der Waals surface area contributed by atoms with Gasteiger partial charge < -0.3 is 5.11 Å². The zero-order valence-electron chi connectivity index (χ0n) is 11.3. The van der Waals surface area contributed by atoms with Gasteiger partial charge in [-0.2, -0.15) is 5.10 Å². The summed E-state index contributed by atoms with van der Waals surface area (Å²) in [6.45, 7) is 6.18. The molecule has 1 unspecified atom stereocenters. The molecule has 0 saturated carbocycles. The molecule has 0 bridgehead atoms. The lowest BCUT2D eigenvalue weighted by Crippen LogP contribution is -2.12. The van der Waals surface area contributed by atoms with Crippen molar-refractivity contribution in [2.45, 2.75) is 46.3 Å². The fraction of sp³-hybridized carbons (Fsp3) is 0.750. The minimum atomic E-state index is -2.94. The molecule has 0 aromatic carbocycles. The highest BCUT2D eigenvalue weighted by Gasteiger charge is 2.15. The van der Waals surface area contributed by atoms with E-state index >= 15 is 0 Å². The first kappa shape index (κ1) is 15.2. The minimum absolute atomic E-state index is 0.139. The highest BCUT2D eigenvalue weighted by molar-refractivity contribution is 7.91. The predicted molar refractivity (Wildman–Crippen MR) is 71.2 cm³/mol. The highest BCUT2D eigenvalue weighted by Crippen LogP contribution is 2.19. The first-order valence-electron chi connectivity index (χ1n) is 6.32. The van der Waals surface area contributed by atoms with Crippen LogP contribution in [0, 0.1) is 6.92 Å². The second kappa shape index (κ2) is 6.33. The number of sulfone groups is 1. The van der Waals surface area contributed by atoms with E-state index in [9.17, 15) is 13.5 Å². The van der Waals surface area contributed by atoms with Gasteiger partial charge in [-0.05, 0) is 32.8 Å². The molecular formula is C12H22N2O3S. The van der Waals surface area contributed by atoms with Crippen molar-refractivity contribution in [3.8, 4) is 0 Å². The molecule has 1 heterocycles. The van der Waals surface area contributed by atoms with Gasteiger partial charge in [-0.25, -0.2) is 8.42 Å². The number of aryl methyl sites for hydroxylation is 2. The smallest absolute Gasteiger partial charge is 0.150 e. The normalized spacial score (nSPS) is 13.8. The molecule has 6 heteroatoms. The van der Waals surface area contributed by atoms with Gasteiger partial charge >= 0.3 is 0 Å². The maximum Gasteiger partial charge on any atom is 0.150 e. The van der Waals surface area contributed by atoms with Gasteiger partial charge in [0.25, 0.3) is 0 Å². The quantitative estimate of drug-likeness (QED) is 0.817. The summed E-state index contributed by atoms with van der Waals surface area (Å²) in [7, 11) is -2.94. The molecule has 0 amide bonds. The summed E-state index contributed by atoms with van der Waals surface area (Å²) in [6.07, 6.45) is 0.286. The summed E-state index contributed by atoms with van der Waals surface area (Å²) < 4.78 is 24.4. The van der Waals surface area contributed by atoms with E-state index in [0.717, 1.165) is 11.4 Å². The number of nitrogens with zero attached hydrogens (tertiary/aromatic N) is 2. The summed E-state index contributed by atoms with van der Waals surface area (Å²) in [6, 6.07) is 1.85. The van der Waals surface area contributed by atoms with Crippen LogP contribution in [0.3, 0.4) is 0 Å². The third kappa shape index (κ3) is 4.10. The van der Waals surface area contributed by atoms with Gasteiger partial charge in [0.1, 0.15) is 9.84 Å². The number of aliphatic hydroxyl groups excluding tert-OH is 1. The summed E-state index contributed by atoms with van der Waals surface area (Å²) >= 11 is 0. The molecule has 0 saturated heterocycles. The SMILES string of the molecule is CCn1nc(C)cc1C(O)CCCS(=O)(=O)CC. The molecule has 0 fully saturated rings. The van der Waals surface area contributed by atoms with Gasteiger partial charge in [0.2, 0.25) is 0 Å². The molecule has 0 aliphatic heterocycles. The topological polar surface area (TPSA) is 72.2 Å². The van der Waals surface area contributed by atoms with Crippen LogP contribution < -0.4 is 0 Å². The number of aliphatic hydroxyl groups is 1. The van der Waals surface area contributed by atoms with Crippen LogP contribution in [0.15, 0.2) is 6.07 Å². The molecule has 104 valence electrons. The van der Waals surface area contributed by atoms with Crippen molar-refractivity contribution in [3.63, 3.8) is 0 Å². The van der Waals surface area contributed by atoms with Gasteiger partial charge in [0, 0.05) is 12.3 Å². The second-order valence-electron chi connectivity index (χ2n) is 4.42. The van der Waals surface area contributed by atoms with Crippen molar-refractivity contribution in [3.05, 3.63) is 17.5 Å². The van der Waals surface area contributed by atoms with Crippen LogP contribution in [0.4, 0.5) is 0 Å². The van der Waals surface area contributed by atoms with E-state index in [-0.39, 0.29) is 11.5 Å². The van der Waals surface area contributed by atoms with Crippen LogP contribution in [-0.4, -0.2) is 34.8 Å². The Hall–Kier alpha value is -0.880. The molecule has 18 heavy (non-hydrogen) atoms. The Morgan fingerprint density at radius 3 is 2.67 bits per heavy atom. The highest BCUT2D eigenvalue weighted by atomic mass is 32.2. The lowest BCUT2D eigenvalue weighted by atomic mass is 10.1. The minimum Gasteiger partial charge on any atom is -0.387 e. The average molecular weight is 274 g/mol. The summed E-state index contributed by atoms with van der Waals surface area (Å²) in [5.74, 6) is 0.300. The Morgan fingerprint density at radius 1 is 1.44 bits per heavy atom. The lowest BCUT2D eigenvalue weighted by Gasteiger charge is -2.12. The van der Waals surface area contributed by atoms with Gasteiger partial charge in [-0.15, -0.1) is 0 Å². The number of rotatable bonds is 7. The molecule has 1 atom stereocenters. The van der Waals surface area contributed by atoms with E-state index in [1.165, 1.54) is 0 Å². The Kier molecular flexibility index (Phi) is 5.34. The predicted octanol–water partition coefficient (Wildman–Crippen LogP) is 1.46. The fourth-order valence-electron chi connectivity index (χ4n) is 1.88.